The summed E-state index contributed by atoms with van der Waals surface area (Å²) in [6.07, 6.45) is -0.417. The number of aliphatic carboxylic acids is 1. The van der Waals surface area contributed by atoms with E-state index in [1.54, 1.807) is 13.8 Å². The van der Waals surface area contributed by atoms with Crippen LogP contribution in [0.2, 0.25) is 0 Å². The van der Waals surface area contributed by atoms with Gasteiger partial charge in [-0.25, -0.2) is 9.78 Å². The topological polar surface area (TPSA) is 81.8 Å². The van der Waals surface area contributed by atoms with Gasteiger partial charge in [-0.05, 0) is 69.2 Å². The second kappa shape index (κ2) is 11.1. The minimum absolute atomic E-state index is 0.0399. The van der Waals surface area contributed by atoms with Crippen molar-refractivity contribution in [1.82, 2.24) is 4.98 Å². The third-order valence-electron chi connectivity index (χ3n) is 6.39. The summed E-state index contributed by atoms with van der Waals surface area (Å²) in [5.74, 6) is 0.632. The van der Waals surface area contributed by atoms with Crippen LogP contribution in [-0.2, 0) is 27.1 Å². The second-order valence-electron chi connectivity index (χ2n) is 10.1. The van der Waals surface area contributed by atoms with Gasteiger partial charge in [-0.3, -0.25) is 0 Å². The van der Waals surface area contributed by atoms with E-state index >= 15 is 0 Å². The zero-order valence-electron chi connectivity index (χ0n) is 20.7. The van der Waals surface area contributed by atoms with E-state index in [1.165, 1.54) is 12.1 Å². The van der Waals surface area contributed by atoms with Crippen LogP contribution in [0.4, 0.5) is 13.2 Å². The lowest BCUT2D eigenvalue weighted by molar-refractivity contribution is -0.163. The third kappa shape index (κ3) is 7.30. The monoisotopic (exact) mass is 497 g/mol. The first-order valence-corrected chi connectivity index (χ1v) is 12.0. The Kier molecular flexibility index (Phi) is 8.64. The van der Waals surface area contributed by atoms with Crippen molar-refractivity contribution < 1.29 is 37.0 Å². The van der Waals surface area contributed by atoms with Gasteiger partial charge in [-0.1, -0.05) is 20.3 Å². The van der Waals surface area contributed by atoms with Crippen molar-refractivity contribution in [2.45, 2.75) is 77.7 Å². The van der Waals surface area contributed by atoms with E-state index < -0.39 is 23.3 Å². The summed E-state index contributed by atoms with van der Waals surface area (Å²) in [5, 5.41) is 9.22. The number of carbonyl (C=O) groups is 1. The molecule has 2 atom stereocenters. The number of alkyl halides is 3. The van der Waals surface area contributed by atoms with Gasteiger partial charge < -0.3 is 19.0 Å². The average Bonchev–Trinajstić information content (AvgIpc) is 3.22. The molecule has 0 unspecified atom stereocenters. The van der Waals surface area contributed by atoms with Gasteiger partial charge in [0, 0.05) is 18.1 Å². The molecule has 1 fully saturated rings. The third-order valence-corrected chi connectivity index (χ3v) is 6.39. The SMILES string of the molecule is CC(C)c1oc(-c2ccc(C(F)(F)F)cc2)nc1COC[C@@H]1CCC[C@H](COC(C)(C)C(=O)O)C1. The van der Waals surface area contributed by atoms with E-state index in [0.717, 1.165) is 37.8 Å². The summed E-state index contributed by atoms with van der Waals surface area (Å²) in [7, 11) is 0. The molecule has 0 radical (unpaired) electrons. The molecule has 0 aliphatic heterocycles. The van der Waals surface area contributed by atoms with Crippen molar-refractivity contribution >= 4 is 5.97 Å². The first kappa shape index (κ1) is 27.2. The Balaban J connectivity index is 1.57. The fourth-order valence-electron chi connectivity index (χ4n) is 4.26. The van der Waals surface area contributed by atoms with Gasteiger partial charge in [0.05, 0.1) is 18.8 Å². The van der Waals surface area contributed by atoms with Crippen molar-refractivity contribution in [2.24, 2.45) is 11.8 Å². The van der Waals surface area contributed by atoms with Crippen molar-refractivity contribution in [3.8, 4) is 11.5 Å². The predicted molar refractivity (Wildman–Crippen MR) is 124 cm³/mol. The highest BCUT2D eigenvalue weighted by Crippen LogP contribution is 2.33. The fourth-order valence-corrected chi connectivity index (χ4v) is 4.26. The Morgan fingerprint density at radius 2 is 1.77 bits per heavy atom. The normalized spacial score (nSPS) is 19.3. The molecule has 2 aromatic rings. The van der Waals surface area contributed by atoms with Crippen LogP contribution < -0.4 is 0 Å². The van der Waals surface area contributed by atoms with Crippen molar-refractivity contribution in [3.63, 3.8) is 0 Å². The van der Waals surface area contributed by atoms with Gasteiger partial charge in [-0.15, -0.1) is 0 Å². The van der Waals surface area contributed by atoms with Crippen LogP contribution in [0, 0.1) is 11.8 Å². The Morgan fingerprint density at radius 3 is 2.34 bits per heavy atom. The minimum Gasteiger partial charge on any atom is -0.479 e. The molecule has 1 heterocycles. The molecule has 1 aliphatic rings. The molecule has 194 valence electrons. The molecule has 1 aromatic carbocycles. The summed E-state index contributed by atoms with van der Waals surface area (Å²) in [4.78, 5) is 15.8. The van der Waals surface area contributed by atoms with Gasteiger partial charge in [0.25, 0.3) is 0 Å². The lowest BCUT2D eigenvalue weighted by atomic mass is 9.82. The van der Waals surface area contributed by atoms with Crippen LogP contribution in [0.3, 0.4) is 0 Å². The largest absolute Gasteiger partial charge is 0.479 e. The van der Waals surface area contributed by atoms with Crippen LogP contribution in [0.1, 0.15) is 76.3 Å². The Bertz CT molecular complexity index is 982. The zero-order valence-corrected chi connectivity index (χ0v) is 20.7. The molecule has 1 N–H and O–H groups in total. The summed E-state index contributed by atoms with van der Waals surface area (Å²) < 4.78 is 56.1. The van der Waals surface area contributed by atoms with Crippen LogP contribution in [0.25, 0.3) is 11.5 Å². The zero-order chi connectivity index (χ0) is 25.8. The minimum atomic E-state index is -4.39. The van der Waals surface area contributed by atoms with Gasteiger partial charge in [0.1, 0.15) is 11.5 Å². The number of halogens is 3. The number of rotatable bonds is 10. The Labute approximate surface area is 203 Å². The molecule has 3 rings (SSSR count). The average molecular weight is 498 g/mol. The number of carboxylic acid groups (broad SMARTS) is 1. The lowest BCUT2D eigenvalue weighted by Gasteiger charge is -2.31. The predicted octanol–water partition coefficient (Wildman–Crippen LogP) is 6.69. The molecule has 1 aromatic heterocycles. The molecule has 0 bridgehead atoms. The van der Waals surface area contributed by atoms with E-state index in [0.29, 0.717) is 42.1 Å². The van der Waals surface area contributed by atoms with Gasteiger partial charge in [-0.2, -0.15) is 13.2 Å². The van der Waals surface area contributed by atoms with Crippen LogP contribution in [0.15, 0.2) is 28.7 Å². The van der Waals surface area contributed by atoms with Gasteiger partial charge in [0.15, 0.2) is 5.60 Å². The molecule has 0 saturated heterocycles. The number of hydrogen-bond acceptors (Lipinski definition) is 5. The molecular formula is C26H34F3NO5. The number of benzene rings is 1. The summed E-state index contributed by atoms with van der Waals surface area (Å²) in [6, 6.07) is 4.76. The molecule has 0 spiro atoms. The fraction of sp³-hybridized carbons (Fsp3) is 0.615. The highest BCUT2D eigenvalue weighted by Gasteiger charge is 2.31. The molecule has 9 heteroatoms. The van der Waals surface area contributed by atoms with Crippen LogP contribution in [-0.4, -0.2) is 34.9 Å². The van der Waals surface area contributed by atoms with E-state index in [-0.39, 0.29) is 18.4 Å². The van der Waals surface area contributed by atoms with E-state index in [1.807, 2.05) is 13.8 Å². The Hall–Kier alpha value is -2.39. The molecular weight excluding hydrogens is 463 g/mol. The maximum Gasteiger partial charge on any atom is 0.416 e. The quantitative estimate of drug-likeness (QED) is 0.394. The maximum atomic E-state index is 12.9. The highest BCUT2D eigenvalue weighted by atomic mass is 19.4. The van der Waals surface area contributed by atoms with E-state index in [2.05, 4.69) is 4.98 Å². The van der Waals surface area contributed by atoms with Gasteiger partial charge >= 0.3 is 12.1 Å². The number of oxazole rings is 1. The maximum absolute atomic E-state index is 12.9. The Morgan fingerprint density at radius 1 is 1.14 bits per heavy atom. The summed E-state index contributed by atoms with van der Waals surface area (Å²) in [5.41, 5.74) is -0.795. The van der Waals surface area contributed by atoms with E-state index in [4.69, 9.17) is 13.9 Å². The summed E-state index contributed by atoms with van der Waals surface area (Å²) in [6.45, 7) is 8.24. The molecule has 35 heavy (non-hydrogen) atoms. The van der Waals surface area contributed by atoms with Gasteiger partial charge in [0.2, 0.25) is 5.89 Å². The van der Waals surface area contributed by atoms with Crippen molar-refractivity contribution in [2.75, 3.05) is 13.2 Å². The summed E-state index contributed by atoms with van der Waals surface area (Å²) >= 11 is 0. The standard InChI is InChI=1S/C26H34F3NO5/c1-16(2)22-21(30-23(35-22)19-8-10-20(11-9-19)26(27,28)29)15-33-13-17-6-5-7-18(12-17)14-34-25(3,4)24(31)32/h8-11,16-18H,5-7,12-15H2,1-4H3,(H,31,32)/t17-,18+/m1/s1. The smallest absolute Gasteiger partial charge is 0.416 e. The van der Waals surface area contributed by atoms with Crippen molar-refractivity contribution in [3.05, 3.63) is 41.3 Å². The number of hydrogen-bond donors (Lipinski definition) is 1. The molecule has 1 aliphatic carbocycles. The van der Waals surface area contributed by atoms with Crippen molar-refractivity contribution in [1.29, 1.82) is 0 Å². The second-order valence-corrected chi connectivity index (χ2v) is 10.1. The first-order chi connectivity index (χ1) is 16.4. The number of ether oxygens (including phenoxy) is 2. The molecule has 0 amide bonds. The lowest BCUT2D eigenvalue weighted by Crippen LogP contribution is -2.37. The molecule has 1 saturated carbocycles. The number of carboxylic acids is 1. The highest BCUT2D eigenvalue weighted by molar-refractivity contribution is 5.76. The first-order valence-electron chi connectivity index (χ1n) is 12.0. The number of nitrogens with zero attached hydrogens (tertiary/aromatic N) is 1. The molecule has 6 nitrogen and oxygen atoms in total. The van der Waals surface area contributed by atoms with Crippen LogP contribution >= 0.6 is 0 Å². The van der Waals surface area contributed by atoms with E-state index in [9.17, 15) is 23.1 Å². The van der Waals surface area contributed by atoms with Crippen LogP contribution in [0.5, 0.6) is 0 Å². The number of aromatic nitrogens is 1.